The van der Waals surface area contributed by atoms with Crippen molar-refractivity contribution >= 4 is 29.2 Å². The molecule has 7 nitrogen and oxygen atoms in total. The Hall–Kier alpha value is -3.61. The third-order valence-electron chi connectivity index (χ3n) is 4.05. The van der Waals surface area contributed by atoms with Crippen LogP contribution in [0.4, 0.5) is 11.4 Å². The number of benzene rings is 2. The molecule has 0 saturated carbocycles. The van der Waals surface area contributed by atoms with E-state index in [9.17, 15) is 14.4 Å². The summed E-state index contributed by atoms with van der Waals surface area (Å²) >= 11 is 0. The van der Waals surface area contributed by atoms with Crippen molar-refractivity contribution in [2.45, 2.75) is 26.6 Å². The molecule has 0 unspecified atom stereocenters. The van der Waals surface area contributed by atoms with Gasteiger partial charge in [-0.1, -0.05) is 30.3 Å². The summed E-state index contributed by atoms with van der Waals surface area (Å²) in [5.41, 5.74) is 2.11. The van der Waals surface area contributed by atoms with Crippen molar-refractivity contribution in [2.75, 3.05) is 10.6 Å². The number of esters is 2. The first kappa shape index (κ1) is 19.2. The van der Waals surface area contributed by atoms with Gasteiger partial charge in [-0.2, -0.15) is 0 Å². The van der Waals surface area contributed by atoms with Gasteiger partial charge in [0.1, 0.15) is 0 Å². The predicted octanol–water partition coefficient (Wildman–Crippen LogP) is 3.38. The molecule has 28 heavy (non-hydrogen) atoms. The number of cyclic esters (lactones) is 2. The molecule has 1 saturated heterocycles. The van der Waals surface area contributed by atoms with E-state index < -0.39 is 17.7 Å². The molecule has 0 bridgehead atoms. The third kappa shape index (κ3) is 4.20. The number of carbonyl (C=O) groups is 3. The van der Waals surface area contributed by atoms with Gasteiger partial charge in [-0.15, -0.1) is 0 Å². The van der Waals surface area contributed by atoms with E-state index in [0.29, 0.717) is 16.9 Å². The SMILES string of the molecule is Cc1ccccc1NC(=O)c1ccccc1NC=C1C(=O)OC(C)(C)OC1=O. The van der Waals surface area contributed by atoms with E-state index in [-0.39, 0.29) is 11.5 Å². The lowest BCUT2D eigenvalue weighted by molar-refractivity contribution is -0.222. The van der Waals surface area contributed by atoms with Crippen molar-refractivity contribution in [1.29, 1.82) is 0 Å². The summed E-state index contributed by atoms with van der Waals surface area (Å²) in [7, 11) is 0. The van der Waals surface area contributed by atoms with Crippen molar-refractivity contribution < 1.29 is 23.9 Å². The number of para-hydroxylation sites is 2. The first-order chi connectivity index (χ1) is 13.3. The molecular weight excluding hydrogens is 360 g/mol. The smallest absolute Gasteiger partial charge is 0.350 e. The van der Waals surface area contributed by atoms with Crippen LogP contribution in [0.15, 0.2) is 60.3 Å². The standard InChI is InChI=1S/C21H20N2O5/c1-13-8-4-6-10-16(13)23-18(24)14-9-5-7-11-17(14)22-12-15-19(25)27-21(2,3)28-20(15)26/h4-12,22H,1-3H3,(H,23,24). The monoisotopic (exact) mass is 380 g/mol. The van der Waals surface area contributed by atoms with E-state index in [0.717, 1.165) is 5.56 Å². The number of aryl methyl sites for hydroxylation is 1. The van der Waals surface area contributed by atoms with Crippen molar-refractivity contribution in [2.24, 2.45) is 0 Å². The normalized spacial score (nSPS) is 15.3. The molecule has 1 fully saturated rings. The van der Waals surface area contributed by atoms with Crippen LogP contribution in [0.2, 0.25) is 0 Å². The summed E-state index contributed by atoms with van der Waals surface area (Å²) in [6.45, 7) is 4.84. The van der Waals surface area contributed by atoms with Gasteiger partial charge in [-0.25, -0.2) is 9.59 Å². The fourth-order valence-corrected chi connectivity index (χ4v) is 2.64. The van der Waals surface area contributed by atoms with Gasteiger partial charge in [0.2, 0.25) is 0 Å². The van der Waals surface area contributed by atoms with Crippen LogP contribution in [0.5, 0.6) is 0 Å². The fraction of sp³-hybridized carbons (Fsp3) is 0.190. The summed E-state index contributed by atoms with van der Waals surface area (Å²) < 4.78 is 10.1. The van der Waals surface area contributed by atoms with E-state index in [4.69, 9.17) is 9.47 Å². The molecule has 0 spiro atoms. The Morgan fingerprint density at radius 3 is 2.14 bits per heavy atom. The Bertz CT molecular complexity index is 956. The second kappa shape index (κ2) is 7.56. The molecule has 144 valence electrons. The third-order valence-corrected chi connectivity index (χ3v) is 4.05. The highest BCUT2D eigenvalue weighted by Gasteiger charge is 2.39. The molecule has 0 radical (unpaired) electrons. The molecular formula is C21H20N2O5. The van der Waals surface area contributed by atoms with Gasteiger partial charge in [0, 0.05) is 25.7 Å². The van der Waals surface area contributed by atoms with Crippen LogP contribution >= 0.6 is 0 Å². The van der Waals surface area contributed by atoms with Crippen LogP contribution < -0.4 is 10.6 Å². The minimum atomic E-state index is -1.31. The van der Waals surface area contributed by atoms with Crippen LogP contribution in [-0.4, -0.2) is 23.6 Å². The zero-order valence-corrected chi connectivity index (χ0v) is 15.7. The summed E-state index contributed by atoms with van der Waals surface area (Å²) in [5, 5.41) is 5.68. The molecule has 1 heterocycles. The molecule has 1 amide bonds. The lowest BCUT2D eigenvalue weighted by atomic mass is 10.1. The average molecular weight is 380 g/mol. The van der Waals surface area contributed by atoms with E-state index in [1.807, 2.05) is 25.1 Å². The largest absolute Gasteiger partial charge is 0.419 e. The van der Waals surface area contributed by atoms with Gasteiger partial charge >= 0.3 is 11.9 Å². The first-order valence-electron chi connectivity index (χ1n) is 8.66. The maximum atomic E-state index is 12.7. The number of amides is 1. The molecule has 2 N–H and O–H groups in total. The number of ether oxygens (including phenoxy) is 2. The number of rotatable bonds is 4. The maximum absolute atomic E-state index is 12.7. The molecule has 1 aliphatic rings. The molecule has 0 atom stereocenters. The number of anilines is 2. The minimum absolute atomic E-state index is 0.284. The van der Waals surface area contributed by atoms with E-state index >= 15 is 0 Å². The number of hydrogen-bond acceptors (Lipinski definition) is 6. The van der Waals surface area contributed by atoms with Gasteiger partial charge < -0.3 is 20.1 Å². The second-order valence-corrected chi connectivity index (χ2v) is 6.70. The van der Waals surface area contributed by atoms with Gasteiger partial charge in [0.25, 0.3) is 11.7 Å². The van der Waals surface area contributed by atoms with E-state index in [1.54, 1.807) is 30.3 Å². The highest BCUT2D eigenvalue weighted by atomic mass is 16.7. The molecule has 2 aromatic carbocycles. The van der Waals surface area contributed by atoms with Crippen LogP contribution in [0.3, 0.4) is 0 Å². The molecule has 0 aromatic heterocycles. The first-order valence-corrected chi connectivity index (χ1v) is 8.66. The van der Waals surface area contributed by atoms with Gasteiger partial charge in [0.15, 0.2) is 5.57 Å². The predicted molar refractivity (Wildman–Crippen MR) is 104 cm³/mol. The summed E-state index contributed by atoms with van der Waals surface area (Å²) in [4.78, 5) is 36.8. The number of nitrogens with one attached hydrogen (secondary N) is 2. The van der Waals surface area contributed by atoms with Crippen LogP contribution in [0, 0.1) is 6.92 Å². The molecule has 2 aromatic rings. The lowest BCUT2D eigenvalue weighted by Crippen LogP contribution is -2.42. The Morgan fingerprint density at radius 1 is 0.929 bits per heavy atom. The van der Waals surface area contributed by atoms with Crippen molar-refractivity contribution in [1.82, 2.24) is 0 Å². The summed E-state index contributed by atoms with van der Waals surface area (Å²) in [5.74, 6) is -3.23. The van der Waals surface area contributed by atoms with Crippen LogP contribution in [0.1, 0.15) is 29.8 Å². The number of hydrogen-bond donors (Lipinski definition) is 2. The number of carbonyl (C=O) groups excluding carboxylic acids is 3. The minimum Gasteiger partial charge on any atom is -0.419 e. The zero-order chi connectivity index (χ0) is 20.3. The highest BCUT2D eigenvalue weighted by Crippen LogP contribution is 2.24. The van der Waals surface area contributed by atoms with Crippen molar-refractivity contribution in [3.05, 3.63) is 71.4 Å². The zero-order valence-electron chi connectivity index (χ0n) is 15.7. The fourth-order valence-electron chi connectivity index (χ4n) is 2.64. The molecule has 0 aliphatic carbocycles. The summed E-state index contributed by atoms with van der Waals surface area (Å²) in [6.07, 6.45) is 1.18. The molecule has 7 heteroatoms. The maximum Gasteiger partial charge on any atom is 0.350 e. The second-order valence-electron chi connectivity index (χ2n) is 6.70. The average Bonchev–Trinajstić information content (AvgIpc) is 2.62. The van der Waals surface area contributed by atoms with Crippen molar-refractivity contribution in [3.63, 3.8) is 0 Å². The van der Waals surface area contributed by atoms with Gasteiger partial charge in [-0.05, 0) is 30.7 Å². The van der Waals surface area contributed by atoms with E-state index in [1.165, 1.54) is 20.0 Å². The highest BCUT2D eigenvalue weighted by molar-refractivity contribution is 6.15. The lowest BCUT2D eigenvalue weighted by Gasteiger charge is -2.29. The Labute approximate surface area is 162 Å². The Morgan fingerprint density at radius 2 is 1.50 bits per heavy atom. The summed E-state index contributed by atoms with van der Waals surface area (Å²) in [6, 6.07) is 14.2. The Kier molecular flexibility index (Phi) is 5.17. The Balaban J connectivity index is 1.81. The molecule has 1 aliphatic heterocycles. The quantitative estimate of drug-likeness (QED) is 0.480. The molecule has 3 rings (SSSR count). The van der Waals surface area contributed by atoms with Crippen LogP contribution in [0.25, 0.3) is 0 Å². The van der Waals surface area contributed by atoms with E-state index in [2.05, 4.69) is 10.6 Å². The topological polar surface area (TPSA) is 93.7 Å². The van der Waals surface area contributed by atoms with Gasteiger partial charge in [0.05, 0.1) is 11.3 Å². The van der Waals surface area contributed by atoms with Crippen LogP contribution in [-0.2, 0) is 19.1 Å². The van der Waals surface area contributed by atoms with Crippen molar-refractivity contribution in [3.8, 4) is 0 Å². The van der Waals surface area contributed by atoms with Gasteiger partial charge in [-0.3, -0.25) is 4.79 Å².